The van der Waals surface area contributed by atoms with Gasteiger partial charge in [-0.3, -0.25) is 0 Å². The summed E-state index contributed by atoms with van der Waals surface area (Å²) in [5, 5.41) is 4.73. The Balaban J connectivity index is 1.93. The smallest absolute Gasteiger partial charge is 0.164 e. The summed E-state index contributed by atoms with van der Waals surface area (Å²) in [4.78, 5) is 14.1. The van der Waals surface area contributed by atoms with Crippen LogP contribution in [0.5, 0.6) is 0 Å². The van der Waals surface area contributed by atoms with Crippen molar-refractivity contribution in [2.24, 2.45) is 0 Å². The number of nitrogens with zero attached hydrogens (tertiary/aromatic N) is 5. The highest BCUT2D eigenvalue weighted by atomic mass is 79.9. The topological polar surface area (TPSA) is 71.3 Å². The fraction of sp³-hybridized carbons (Fsp3) is 0.357. The molecule has 1 fully saturated rings. The quantitative estimate of drug-likeness (QED) is 0.755. The van der Waals surface area contributed by atoms with Crippen molar-refractivity contribution in [3.8, 4) is 11.3 Å². The van der Waals surface area contributed by atoms with Gasteiger partial charge in [-0.1, -0.05) is 0 Å². The number of H-pyrrole nitrogens is 1. The van der Waals surface area contributed by atoms with Crippen LogP contribution in [0.4, 0.5) is 5.82 Å². The molecule has 3 aromatic rings. The minimum Gasteiger partial charge on any atom is -0.378 e. The van der Waals surface area contributed by atoms with Gasteiger partial charge in [0.15, 0.2) is 11.5 Å². The highest BCUT2D eigenvalue weighted by Crippen LogP contribution is 2.29. The maximum atomic E-state index is 5.42. The van der Waals surface area contributed by atoms with Crippen LogP contribution in [-0.2, 0) is 4.74 Å². The highest BCUT2D eigenvalue weighted by molar-refractivity contribution is 9.10. The van der Waals surface area contributed by atoms with E-state index in [0.717, 1.165) is 59.3 Å². The van der Waals surface area contributed by atoms with Crippen LogP contribution < -0.4 is 4.90 Å². The zero-order valence-corrected chi connectivity index (χ0v) is 13.7. The summed E-state index contributed by atoms with van der Waals surface area (Å²) in [5.41, 5.74) is 3.64. The lowest BCUT2D eigenvalue weighted by Crippen LogP contribution is -2.37. The molecule has 4 heterocycles. The number of nitrogens with one attached hydrogen (secondary N) is 1. The van der Waals surface area contributed by atoms with Gasteiger partial charge in [0, 0.05) is 18.7 Å². The third kappa shape index (κ3) is 2.19. The molecule has 0 amide bonds. The molecule has 1 aliphatic heterocycles. The number of aryl methyl sites for hydroxylation is 1. The molecule has 7 nitrogen and oxygen atoms in total. The predicted molar refractivity (Wildman–Crippen MR) is 86.0 cm³/mol. The molecule has 8 heteroatoms. The van der Waals surface area contributed by atoms with E-state index in [0.29, 0.717) is 0 Å². The summed E-state index contributed by atoms with van der Waals surface area (Å²) in [5.74, 6) is 0.915. The van der Waals surface area contributed by atoms with Crippen molar-refractivity contribution in [3.63, 3.8) is 0 Å². The van der Waals surface area contributed by atoms with E-state index in [1.54, 1.807) is 12.5 Å². The first kappa shape index (κ1) is 13.7. The average molecular weight is 363 g/mol. The Hall–Kier alpha value is -1.93. The van der Waals surface area contributed by atoms with Gasteiger partial charge in [-0.05, 0) is 28.9 Å². The molecule has 0 saturated carbocycles. The molecule has 1 N–H and O–H groups in total. The van der Waals surface area contributed by atoms with E-state index in [2.05, 4.69) is 41.8 Å². The number of imidazole rings is 2. The molecule has 0 atom stereocenters. The summed E-state index contributed by atoms with van der Waals surface area (Å²) < 4.78 is 8.14. The summed E-state index contributed by atoms with van der Waals surface area (Å²) in [6.45, 7) is 5.09. The number of hydrogen-bond donors (Lipinski definition) is 1. The number of anilines is 1. The Kier molecular flexibility index (Phi) is 3.34. The van der Waals surface area contributed by atoms with E-state index >= 15 is 0 Å². The van der Waals surface area contributed by atoms with Crippen LogP contribution in [0.15, 0.2) is 23.2 Å². The summed E-state index contributed by atoms with van der Waals surface area (Å²) in [6, 6.07) is 2.06. The molecule has 0 aliphatic carbocycles. The van der Waals surface area contributed by atoms with E-state index in [4.69, 9.17) is 9.84 Å². The molecule has 0 aromatic carbocycles. The SMILES string of the molecule is Cc1nc2c(-c3cnc[nH]3)cc(N3CCOCC3)nn2c1Br. The highest BCUT2D eigenvalue weighted by Gasteiger charge is 2.19. The van der Waals surface area contributed by atoms with Crippen LogP contribution >= 0.6 is 15.9 Å². The van der Waals surface area contributed by atoms with E-state index in [-0.39, 0.29) is 0 Å². The molecule has 3 aromatic heterocycles. The van der Waals surface area contributed by atoms with Crippen molar-refractivity contribution in [1.29, 1.82) is 0 Å². The maximum Gasteiger partial charge on any atom is 0.164 e. The normalized spacial score (nSPS) is 15.6. The van der Waals surface area contributed by atoms with Gasteiger partial charge in [-0.2, -0.15) is 0 Å². The van der Waals surface area contributed by atoms with Crippen molar-refractivity contribution in [2.75, 3.05) is 31.2 Å². The lowest BCUT2D eigenvalue weighted by atomic mass is 10.2. The third-order valence-corrected chi connectivity index (χ3v) is 4.71. The first-order valence-electron chi connectivity index (χ1n) is 7.11. The molecule has 22 heavy (non-hydrogen) atoms. The van der Waals surface area contributed by atoms with Crippen molar-refractivity contribution in [2.45, 2.75) is 6.92 Å². The summed E-state index contributed by atoms with van der Waals surface area (Å²) in [7, 11) is 0. The fourth-order valence-corrected chi connectivity index (χ4v) is 2.97. The van der Waals surface area contributed by atoms with E-state index < -0.39 is 0 Å². The predicted octanol–water partition coefficient (Wildman–Crippen LogP) is 2.03. The molecule has 0 spiro atoms. The minimum absolute atomic E-state index is 0.725. The Morgan fingerprint density at radius 2 is 2.14 bits per heavy atom. The molecular formula is C14H15BrN6O. The zero-order valence-electron chi connectivity index (χ0n) is 12.1. The molecule has 4 rings (SSSR count). The van der Waals surface area contributed by atoms with Crippen LogP contribution in [0.1, 0.15) is 5.69 Å². The Morgan fingerprint density at radius 3 is 2.86 bits per heavy atom. The summed E-state index contributed by atoms with van der Waals surface area (Å²) in [6.07, 6.45) is 3.47. The third-order valence-electron chi connectivity index (χ3n) is 3.80. The van der Waals surface area contributed by atoms with Gasteiger partial charge in [0.1, 0.15) is 4.60 Å². The molecule has 1 saturated heterocycles. The lowest BCUT2D eigenvalue weighted by molar-refractivity contribution is 0.122. The average Bonchev–Trinajstić information content (AvgIpc) is 3.17. The van der Waals surface area contributed by atoms with Crippen molar-refractivity contribution in [3.05, 3.63) is 28.9 Å². The number of aromatic amines is 1. The molecular weight excluding hydrogens is 348 g/mol. The largest absolute Gasteiger partial charge is 0.378 e. The standard InChI is InChI=1S/C14H15BrN6O/c1-9-13(15)21-14(18-9)10(11-7-16-8-17-11)6-12(19-21)20-2-4-22-5-3-20/h6-8H,2-5H2,1H3,(H,16,17). The molecule has 114 valence electrons. The monoisotopic (exact) mass is 362 g/mol. The Bertz CT molecular complexity index is 806. The van der Waals surface area contributed by atoms with Gasteiger partial charge >= 0.3 is 0 Å². The van der Waals surface area contributed by atoms with Gasteiger partial charge in [-0.25, -0.2) is 14.5 Å². The number of fused-ring (bicyclic) bond motifs is 1. The van der Waals surface area contributed by atoms with Crippen molar-refractivity contribution in [1.82, 2.24) is 24.6 Å². The van der Waals surface area contributed by atoms with E-state index in [1.807, 2.05) is 11.4 Å². The van der Waals surface area contributed by atoms with Gasteiger partial charge in [0.25, 0.3) is 0 Å². The van der Waals surface area contributed by atoms with Gasteiger partial charge < -0.3 is 14.6 Å². The first-order chi connectivity index (χ1) is 10.7. The minimum atomic E-state index is 0.725. The van der Waals surface area contributed by atoms with E-state index in [1.165, 1.54) is 0 Å². The number of hydrogen-bond acceptors (Lipinski definition) is 5. The first-order valence-corrected chi connectivity index (χ1v) is 7.90. The molecule has 1 aliphatic rings. The van der Waals surface area contributed by atoms with Crippen molar-refractivity contribution < 1.29 is 4.74 Å². The fourth-order valence-electron chi connectivity index (χ4n) is 2.64. The Labute approximate surface area is 135 Å². The van der Waals surface area contributed by atoms with Crippen LogP contribution in [0.3, 0.4) is 0 Å². The number of morpholine rings is 1. The second-order valence-corrected chi connectivity index (χ2v) is 5.96. The number of halogens is 1. The summed E-state index contributed by atoms with van der Waals surface area (Å²) >= 11 is 3.58. The molecule has 0 bridgehead atoms. The van der Waals surface area contributed by atoms with Gasteiger partial charge in [0.2, 0.25) is 0 Å². The number of rotatable bonds is 2. The van der Waals surface area contributed by atoms with Crippen LogP contribution in [-0.4, -0.2) is 50.9 Å². The lowest BCUT2D eigenvalue weighted by Gasteiger charge is -2.28. The van der Waals surface area contributed by atoms with Crippen LogP contribution in [0.25, 0.3) is 16.9 Å². The van der Waals surface area contributed by atoms with E-state index in [9.17, 15) is 0 Å². The van der Waals surface area contributed by atoms with Crippen LogP contribution in [0.2, 0.25) is 0 Å². The number of aromatic nitrogens is 5. The zero-order chi connectivity index (χ0) is 15.1. The second-order valence-electron chi connectivity index (χ2n) is 5.20. The van der Waals surface area contributed by atoms with Crippen LogP contribution in [0, 0.1) is 6.92 Å². The molecule has 0 unspecified atom stereocenters. The maximum absolute atomic E-state index is 5.42. The molecule has 0 radical (unpaired) electrons. The Morgan fingerprint density at radius 1 is 1.32 bits per heavy atom. The van der Waals surface area contributed by atoms with Crippen molar-refractivity contribution >= 4 is 27.4 Å². The second kappa shape index (κ2) is 5.36. The van der Waals surface area contributed by atoms with Gasteiger partial charge in [0.05, 0.1) is 37.1 Å². The number of ether oxygens (including phenoxy) is 1. The van der Waals surface area contributed by atoms with Gasteiger partial charge in [-0.15, -0.1) is 5.10 Å².